The van der Waals surface area contributed by atoms with E-state index in [1.54, 1.807) is 0 Å². The number of anilines is 1. The van der Waals surface area contributed by atoms with Crippen LogP contribution in [0.1, 0.15) is 5.56 Å². The first-order valence-electron chi connectivity index (χ1n) is 5.05. The summed E-state index contributed by atoms with van der Waals surface area (Å²) in [6.07, 6.45) is 0. The third-order valence-corrected chi connectivity index (χ3v) is 2.46. The van der Waals surface area contributed by atoms with Gasteiger partial charge in [-0.3, -0.25) is 9.59 Å². The molecule has 1 heterocycles. The molecule has 2 rings (SSSR count). The molecule has 1 aliphatic heterocycles. The Balaban J connectivity index is 2.38. The van der Waals surface area contributed by atoms with Gasteiger partial charge < -0.3 is 10.5 Å². The Labute approximate surface area is 97.0 Å². The van der Waals surface area contributed by atoms with Gasteiger partial charge in [0, 0.05) is 12.1 Å². The highest BCUT2D eigenvalue weighted by Crippen LogP contribution is 2.20. The lowest BCUT2D eigenvalue weighted by Crippen LogP contribution is -2.46. The maximum atomic E-state index is 13.2. The van der Waals surface area contributed by atoms with Crippen LogP contribution in [0.5, 0.6) is 0 Å². The summed E-state index contributed by atoms with van der Waals surface area (Å²) in [5.74, 6) is -1.38. The minimum absolute atomic E-state index is 0.00634. The first-order valence-corrected chi connectivity index (χ1v) is 5.05. The molecular weight excluding hydrogens is 227 g/mol. The molecule has 2 N–H and O–H groups in total. The number of hydrogen-bond donors (Lipinski definition) is 1. The van der Waals surface area contributed by atoms with Crippen LogP contribution in [0.15, 0.2) is 18.2 Å². The van der Waals surface area contributed by atoms with Crippen LogP contribution < -0.4 is 10.6 Å². The lowest BCUT2D eigenvalue weighted by atomic mass is 10.1. The molecule has 0 aliphatic carbocycles. The Bertz CT molecular complexity index is 460. The van der Waals surface area contributed by atoms with Crippen LogP contribution in [0.3, 0.4) is 0 Å². The zero-order chi connectivity index (χ0) is 12.4. The van der Waals surface area contributed by atoms with Crippen molar-refractivity contribution in [1.82, 2.24) is 0 Å². The average molecular weight is 238 g/mol. The van der Waals surface area contributed by atoms with E-state index in [9.17, 15) is 14.0 Å². The monoisotopic (exact) mass is 238 g/mol. The van der Waals surface area contributed by atoms with Crippen molar-refractivity contribution in [3.8, 4) is 0 Å². The summed E-state index contributed by atoms with van der Waals surface area (Å²) in [6, 6.07) is 3.96. The van der Waals surface area contributed by atoms with E-state index in [2.05, 4.69) is 0 Å². The van der Waals surface area contributed by atoms with Gasteiger partial charge in [-0.1, -0.05) is 0 Å². The van der Waals surface area contributed by atoms with Gasteiger partial charge in [-0.2, -0.15) is 0 Å². The summed E-state index contributed by atoms with van der Waals surface area (Å²) in [5, 5.41) is 0. The minimum Gasteiger partial charge on any atom is -0.362 e. The van der Waals surface area contributed by atoms with Crippen LogP contribution in [0.4, 0.5) is 10.1 Å². The van der Waals surface area contributed by atoms with E-state index in [-0.39, 0.29) is 25.3 Å². The highest BCUT2D eigenvalue weighted by Gasteiger charge is 2.28. The maximum Gasteiger partial charge on any atom is 0.259 e. The molecule has 2 amide bonds. The molecule has 0 radical (unpaired) electrons. The molecule has 6 heteroatoms. The number of benzene rings is 1. The number of imide groups is 1. The SMILES string of the molecule is NCc1cc(N2C(=O)COCC2=O)ccc1F. The van der Waals surface area contributed by atoms with E-state index in [1.807, 2.05) is 0 Å². The van der Waals surface area contributed by atoms with E-state index in [0.717, 1.165) is 4.90 Å². The molecule has 1 saturated heterocycles. The number of nitrogens with zero attached hydrogens (tertiary/aromatic N) is 1. The van der Waals surface area contributed by atoms with Crippen LogP contribution in [0.25, 0.3) is 0 Å². The standard InChI is InChI=1S/C11H11FN2O3/c12-9-2-1-8(3-7(9)4-13)14-10(15)5-17-6-11(14)16/h1-3H,4-6,13H2. The van der Waals surface area contributed by atoms with Crippen molar-refractivity contribution in [2.45, 2.75) is 6.54 Å². The van der Waals surface area contributed by atoms with Crippen molar-refractivity contribution >= 4 is 17.5 Å². The Hall–Kier alpha value is -1.79. The molecule has 1 fully saturated rings. The van der Waals surface area contributed by atoms with Crippen LogP contribution >= 0.6 is 0 Å². The third-order valence-electron chi connectivity index (χ3n) is 2.46. The van der Waals surface area contributed by atoms with Gasteiger partial charge in [0.15, 0.2) is 0 Å². The highest BCUT2D eigenvalue weighted by atomic mass is 19.1. The highest BCUT2D eigenvalue weighted by molar-refractivity contribution is 6.17. The van der Waals surface area contributed by atoms with Gasteiger partial charge in [-0.05, 0) is 18.2 Å². The molecule has 0 unspecified atom stereocenters. The lowest BCUT2D eigenvalue weighted by Gasteiger charge is -2.25. The molecule has 0 atom stereocenters. The average Bonchev–Trinajstić information content (AvgIpc) is 2.31. The molecule has 1 aliphatic rings. The topological polar surface area (TPSA) is 72.6 Å². The summed E-state index contributed by atoms with van der Waals surface area (Å²) in [5.41, 5.74) is 5.95. The predicted molar refractivity (Wildman–Crippen MR) is 57.6 cm³/mol. The van der Waals surface area contributed by atoms with E-state index >= 15 is 0 Å². The van der Waals surface area contributed by atoms with Gasteiger partial charge in [0.1, 0.15) is 19.0 Å². The first kappa shape index (κ1) is 11.7. The quantitative estimate of drug-likeness (QED) is 0.746. The number of carbonyl (C=O) groups is 2. The van der Waals surface area contributed by atoms with Gasteiger partial charge in [0.25, 0.3) is 11.8 Å². The number of amides is 2. The van der Waals surface area contributed by atoms with Crippen LogP contribution in [-0.4, -0.2) is 25.0 Å². The number of hydrogen-bond acceptors (Lipinski definition) is 4. The number of carbonyl (C=O) groups excluding carboxylic acids is 2. The summed E-state index contributed by atoms with van der Waals surface area (Å²) in [7, 11) is 0. The summed E-state index contributed by atoms with van der Waals surface area (Å²) >= 11 is 0. The molecule has 0 aromatic heterocycles. The second-order valence-electron chi connectivity index (χ2n) is 3.60. The third kappa shape index (κ3) is 2.17. The number of rotatable bonds is 2. The van der Waals surface area contributed by atoms with Gasteiger partial charge in [-0.25, -0.2) is 9.29 Å². The Morgan fingerprint density at radius 1 is 1.29 bits per heavy atom. The molecule has 90 valence electrons. The van der Waals surface area contributed by atoms with E-state index in [4.69, 9.17) is 10.5 Å². The van der Waals surface area contributed by atoms with E-state index < -0.39 is 17.6 Å². The minimum atomic E-state index is -0.462. The fourth-order valence-corrected chi connectivity index (χ4v) is 1.64. The van der Waals surface area contributed by atoms with Gasteiger partial charge >= 0.3 is 0 Å². The molecule has 5 nitrogen and oxygen atoms in total. The largest absolute Gasteiger partial charge is 0.362 e. The normalized spacial score (nSPS) is 16.5. The van der Waals surface area contributed by atoms with Crippen molar-refractivity contribution in [2.24, 2.45) is 5.73 Å². The molecule has 1 aromatic carbocycles. The van der Waals surface area contributed by atoms with Crippen LogP contribution in [-0.2, 0) is 20.9 Å². The van der Waals surface area contributed by atoms with Gasteiger partial charge in [0.05, 0.1) is 5.69 Å². The zero-order valence-corrected chi connectivity index (χ0v) is 8.98. The molecule has 0 saturated carbocycles. The van der Waals surface area contributed by atoms with Crippen molar-refractivity contribution in [1.29, 1.82) is 0 Å². The van der Waals surface area contributed by atoms with Crippen LogP contribution in [0.2, 0.25) is 0 Å². The van der Waals surface area contributed by atoms with Crippen molar-refractivity contribution < 1.29 is 18.7 Å². The number of nitrogens with two attached hydrogens (primary N) is 1. The predicted octanol–water partition coefficient (Wildman–Crippen LogP) is 0.174. The fraction of sp³-hybridized carbons (Fsp3) is 0.273. The lowest BCUT2D eigenvalue weighted by molar-refractivity contribution is -0.138. The number of morpholine rings is 1. The Kier molecular flexibility index (Phi) is 3.16. The Morgan fingerprint density at radius 3 is 2.53 bits per heavy atom. The van der Waals surface area contributed by atoms with E-state index in [1.165, 1.54) is 18.2 Å². The molecule has 0 bridgehead atoms. The van der Waals surface area contributed by atoms with Crippen molar-refractivity contribution in [2.75, 3.05) is 18.1 Å². The summed E-state index contributed by atoms with van der Waals surface area (Å²) in [4.78, 5) is 24.1. The smallest absolute Gasteiger partial charge is 0.259 e. The second-order valence-corrected chi connectivity index (χ2v) is 3.60. The van der Waals surface area contributed by atoms with Gasteiger partial charge in [-0.15, -0.1) is 0 Å². The molecule has 0 spiro atoms. The molecule has 1 aromatic rings. The summed E-state index contributed by atoms with van der Waals surface area (Å²) in [6.45, 7) is -0.297. The fourth-order valence-electron chi connectivity index (χ4n) is 1.64. The van der Waals surface area contributed by atoms with Crippen molar-refractivity contribution in [3.05, 3.63) is 29.6 Å². The second kappa shape index (κ2) is 4.60. The molecule has 17 heavy (non-hydrogen) atoms. The van der Waals surface area contributed by atoms with Crippen molar-refractivity contribution in [3.63, 3.8) is 0 Å². The van der Waals surface area contributed by atoms with Gasteiger partial charge in [0.2, 0.25) is 0 Å². The number of halogens is 1. The zero-order valence-electron chi connectivity index (χ0n) is 8.98. The van der Waals surface area contributed by atoms with Crippen LogP contribution in [0, 0.1) is 5.82 Å². The first-order chi connectivity index (χ1) is 8.13. The van der Waals surface area contributed by atoms with E-state index in [0.29, 0.717) is 5.69 Å². The summed E-state index contributed by atoms with van der Waals surface area (Å²) < 4.78 is 18.0. The maximum absolute atomic E-state index is 13.2. The Morgan fingerprint density at radius 2 is 1.94 bits per heavy atom. The number of ether oxygens (including phenoxy) is 1. The molecular formula is C11H11FN2O3.